The van der Waals surface area contributed by atoms with Crippen LogP contribution in [0.1, 0.15) is 52.0 Å². The molecule has 1 N–H and O–H groups in total. The molecule has 0 saturated carbocycles. The van der Waals surface area contributed by atoms with Crippen molar-refractivity contribution in [2.24, 2.45) is 0 Å². The first kappa shape index (κ1) is 23.6. The number of likely N-dealkylation sites (tertiary alicyclic amines) is 1. The third-order valence-electron chi connectivity index (χ3n) is 7.91. The molecule has 2 atom stereocenters. The smallest absolute Gasteiger partial charge is 0.322 e. The van der Waals surface area contributed by atoms with Gasteiger partial charge in [0.1, 0.15) is 5.82 Å². The molecule has 0 bridgehead atoms. The first-order valence-corrected chi connectivity index (χ1v) is 13.1. The summed E-state index contributed by atoms with van der Waals surface area (Å²) < 4.78 is 0. The molecule has 0 unspecified atom stereocenters. The van der Waals surface area contributed by atoms with Gasteiger partial charge in [-0.3, -0.25) is 19.4 Å². The van der Waals surface area contributed by atoms with Crippen LogP contribution >= 0.6 is 0 Å². The average Bonchev–Trinajstić information content (AvgIpc) is 3.19. The Kier molecular flexibility index (Phi) is 6.12. The van der Waals surface area contributed by atoms with Crippen LogP contribution in [0.15, 0.2) is 54.7 Å². The highest BCUT2D eigenvalue weighted by Gasteiger charge is 2.43. The third kappa shape index (κ3) is 4.05. The standard InChI is InChI=1S/C29H31N5O3/c1-19-7-4-8-20-13-15-31-26(25(19)20)33(21-9-5-14-30-17-21)29(37)32-16-6-10-22(18-32)34-27(35)23-11-2-3-12-24(23)28(34)36/h2-4,7-8,11-13,15,21-22,30H,5-6,9-10,14,16-18H2,1H3/t21-,22+/m1/s1. The first-order chi connectivity index (χ1) is 18.0. The normalized spacial score (nSPS) is 21.9. The van der Waals surface area contributed by atoms with Gasteiger partial charge in [-0.2, -0.15) is 0 Å². The molecule has 0 radical (unpaired) electrons. The van der Waals surface area contributed by atoms with Crippen molar-refractivity contribution in [1.29, 1.82) is 0 Å². The summed E-state index contributed by atoms with van der Waals surface area (Å²) in [5, 5.41) is 5.48. The predicted molar refractivity (Wildman–Crippen MR) is 142 cm³/mol. The van der Waals surface area contributed by atoms with E-state index in [1.165, 1.54) is 4.90 Å². The number of carbonyl (C=O) groups is 3. The van der Waals surface area contributed by atoms with E-state index in [-0.39, 0.29) is 29.9 Å². The summed E-state index contributed by atoms with van der Waals surface area (Å²) in [6.07, 6.45) is 5.05. The third-order valence-corrected chi connectivity index (χ3v) is 7.91. The van der Waals surface area contributed by atoms with Crippen molar-refractivity contribution in [2.75, 3.05) is 31.1 Å². The number of nitrogens with zero attached hydrogens (tertiary/aromatic N) is 4. The number of carbonyl (C=O) groups excluding carboxylic acids is 3. The van der Waals surface area contributed by atoms with Gasteiger partial charge >= 0.3 is 6.03 Å². The molecule has 37 heavy (non-hydrogen) atoms. The van der Waals surface area contributed by atoms with Crippen LogP contribution in [0.2, 0.25) is 0 Å². The lowest BCUT2D eigenvalue weighted by atomic mass is 10.0. The SMILES string of the molecule is Cc1cccc2ccnc(N(C(=O)N3CCC[C@H](N4C(=O)c5ccccc5C4=O)C3)[C@@H]3CCCNC3)c12. The minimum atomic E-state index is -0.348. The number of anilines is 1. The van der Waals surface area contributed by atoms with E-state index in [1.54, 1.807) is 30.5 Å². The molecule has 3 aliphatic heterocycles. The number of hydrogen-bond acceptors (Lipinski definition) is 5. The predicted octanol–water partition coefficient (Wildman–Crippen LogP) is 3.98. The van der Waals surface area contributed by atoms with Crippen molar-refractivity contribution in [3.8, 4) is 0 Å². The number of nitrogens with one attached hydrogen (secondary N) is 1. The molecular formula is C29H31N5O3. The van der Waals surface area contributed by atoms with Crippen LogP contribution in [0.4, 0.5) is 10.6 Å². The van der Waals surface area contributed by atoms with Crippen LogP contribution in [0.25, 0.3) is 10.8 Å². The van der Waals surface area contributed by atoms with Gasteiger partial charge < -0.3 is 10.2 Å². The lowest BCUT2D eigenvalue weighted by Gasteiger charge is -2.42. The zero-order valence-corrected chi connectivity index (χ0v) is 21.0. The maximum Gasteiger partial charge on any atom is 0.326 e. The minimum absolute atomic E-state index is 0.0290. The van der Waals surface area contributed by atoms with E-state index < -0.39 is 0 Å². The molecule has 4 amide bonds. The molecule has 8 nitrogen and oxygen atoms in total. The average molecular weight is 498 g/mol. The van der Waals surface area contributed by atoms with Crippen LogP contribution in [-0.4, -0.2) is 70.9 Å². The Morgan fingerprint density at radius 2 is 1.78 bits per heavy atom. The fourth-order valence-electron chi connectivity index (χ4n) is 6.07. The first-order valence-electron chi connectivity index (χ1n) is 13.1. The second kappa shape index (κ2) is 9.59. The van der Waals surface area contributed by atoms with Crippen molar-refractivity contribution in [3.05, 3.63) is 71.4 Å². The van der Waals surface area contributed by atoms with Crippen LogP contribution in [-0.2, 0) is 0 Å². The van der Waals surface area contributed by atoms with Crippen molar-refractivity contribution < 1.29 is 14.4 Å². The molecule has 3 aromatic rings. The van der Waals surface area contributed by atoms with E-state index in [4.69, 9.17) is 4.98 Å². The fourth-order valence-corrected chi connectivity index (χ4v) is 6.07. The molecular weight excluding hydrogens is 466 g/mol. The van der Waals surface area contributed by atoms with Crippen molar-refractivity contribution >= 4 is 34.4 Å². The molecule has 0 aliphatic carbocycles. The number of piperidine rings is 2. The highest BCUT2D eigenvalue weighted by molar-refractivity contribution is 6.21. The summed E-state index contributed by atoms with van der Waals surface area (Å²) >= 11 is 0. The lowest BCUT2D eigenvalue weighted by Crippen LogP contribution is -2.58. The Balaban J connectivity index is 1.33. The van der Waals surface area contributed by atoms with Crippen LogP contribution < -0.4 is 10.2 Å². The van der Waals surface area contributed by atoms with Gasteiger partial charge in [0, 0.05) is 31.2 Å². The summed E-state index contributed by atoms with van der Waals surface area (Å²) in [4.78, 5) is 50.4. The Bertz CT molecular complexity index is 1340. The molecule has 8 heteroatoms. The van der Waals surface area contributed by atoms with E-state index in [2.05, 4.69) is 24.4 Å². The van der Waals surface area contributed by atoms with Gasteiger partial charge in [0.05, 0.1) is 23.2 Å². The number of benzene rings is 2. The number of rotatable bonds is 3. The number of hydrogen-bond donors (Lipinski definition) is 1. The maximum absolute atomic E-state index is 14.3. The number of amides is 4. The van der Waals surface area contributed by atoms with Crippen molar-refractivity contribution in [1.82, 2.24) is 20.1 Å². The summed E-state index contributed by atoms with van der Waals surface area (Å²) in [5.41, 5.74) is 1.97. The molecule has 2 aromatic carbocycles. The van der Waals surface area contributed by atoms with Crippen LogP contribution in [0, 0.1) is 6.92 Å². The van der Waals surface area contributed by atoms with Crippen LogP contribution in [0.3, 0.4) is 0 Å². The largest absolute Gasteiger partial charge is 0.326 e. The van der Waals surface area contributed by atoms with Gasteiger partial charge in [0.2, 0.25) is 0 Å². The van der Waals surface area contributed by atoms with Gasteiger partial charge in [-0.15, -0.1) is 0 Å². The van der Waals surface area contributed by atoms with E-state index in [0.29, 0.717) is 43.0 Å². The summed E-state index contributed by atoms with van der Waals surface area (Å²) in [5.74, 6) is 0.149. The van der Waals surface area contributed by atoms with Gasteiger partial charge in [-0.25, -0.2) is 9.78 Å². The van der Waals surface area contributed by atoms with E-state index in [9.17, 15) is 14.4 Å². The summed E-state index contributed by atoms with van der Waals surface area (Å²) in [7, 11) is 0. The Morgan fingerprint density at radius 1 is 1.00 bits per heavy atom. The number of aryl methyl sites for hydroxylation is 1. The molecule has 1 aromatic heterocycles. The lowest BCUT2D eigenvalue weighted by molar-refractivity contribution is 0.0506. The van der Waals surface area contributed by atoms with Gasteiger partial charge in [0.25, 0.3) is 11.8 Å². The number of fused-ring (bicyclic) bond motifs is 2. The minimum Gasteiger partial charge on any atom is -0.322 e. The fraction of sp³-hybridized carbons (Fsp3) is 0.379. The Morgan fingerprint density at radius 3 is 2.51 bits per heavy atom. The van der Waals surface area contributed by atoms with Gasteiger partial charge in [0.15, 0.2) is 0 Å². The number of imide groups is 1. The zero-order valence-electron chi connectivity index (χ0n) is 21.0. The van der Waals surface area contributed by atoms with Gasteiger partial charge in [-0.05, 0) is 68.3 Å². The van der Waals surface area contributed by atoms with Crippen molar-refractivity contribution in [3.63, 3.8) is 0 Å². The monoisotopic (exact) mass is 497 g/mol. The number of pyridine rings is 1. The number of urea groups is 1. The molecule has 3 aliphatic rings. The van der Waals surface area contributed by atoms with Crippen LogP contribution in [0.5, 0.6) is 0 Å². The second-order valence-corrected chi connectivity index (χ2v) is 10.2. The molecule has 6 rings (SSSR count). The molecule has 2 saturated heterocycles. The maximum atomic E-state index is 14.3. The van der Waals surface area contributed by atoms with E-state index >= 15 is 0 Å². The van der Waals surface area contributed by atoms with Crippen molar-refractivity contribution in [2.45, 2.75) is 44.7 Å². The highest BCUT2D eigenvalue weighted by Crippen LogP contribution is 2.33. The second-order valence-electron chi connectivity index (χ2n) is 10.2. The Labute approximate surface area is 216 Å². The number of aromatic nitrogens is 1. The highest BCUT2D eigenvalue weighted by atomic mass is 16.2. The van der Waals surface area contributed by atoms with Gasteiger partial charge in [-0.1, -0.05) is 30.3 Å². The van der Waals surface area contributed by atoms with E-state index in [0.717, 1.165) is 42.1 Å². The molecule has 2 fully saturated rings. The van der Waals surface area contributed by atoms with E-state index in [1.807, 2.05) is 21.9 Å². The topological polar surface area (TPSA) is 85.9 Å². The molecule has 190 valence electrons. The molecule has 0 spiro atoms. The zero-order chi connectivity index (χ0) is 25.5. The quantitative estimate of drug-likeness (QED) is 0.553. The molecule has 4 heterocycles. The Hall–Kier alpha value is -3.78. The summed E-state index contributed by atoms with van der Waals surface area (Å²) in [6, 6.07) is 14.6. The summed E-state index contributed by atoms with van der Waals surface area (Å²) in [6.45, 7) is 4.59.